The second-order valence-electron chi connectivity index (χ2n) is 8.82. The van der Waals surface area contributed by atoms with Crippen LogP contribution in [0.1, 0.15) is 42.2 Å². The number of anilines is 1. The van der Waals surface area contributed by atoms with E-state index in [-0.39, 0.29) is 18.0 Å². The number of aromatic nitrogens is 2. The molecule has 0 unspecified atom stereocenters. The third-order valence-electron chi connectivity index (χ3n) is 6.56. The van der Waals surface area contributed by atoms with Crippen molar-refractivity contribution in [3.05, 3.63) is 114 Å². The van der Waals surface area contributed by atoms with Gasteiger partial charge in [0.25, 0.3) is 0 Å². The predicted molar refractivity (Wildman–Crippen MR) is 147 cm³/mol. The molecule has 182 valence electrons. The van der Waals surface area contributed by atoms with E-state index in [9.17, 15) is 4.79 Å². The van der Waals surface area contributed by atoms with Crippen molar-refractivity contribution in [3.63, 3.8) is 0 Å². The third-order valence-corrected chi connectivity index (χ3v) is 6.91. The summed E-state index contributed by atoms with van der Waals surface area (Å²) in [4.78, 5) is 19.6. The zero-order valence-corrected chi connectivity index (χ0v) is 21.0. The minimum Gasteiger partial charge on any atom is -0.352 e. The van der Waals surface area contributed by atoms with Crippen molar-refractivity contribution in [2.75, 3.05) is 11.9 Å². The minimum absolute atomic E-state index is 0.0272. The molecule has 5 rings (SSSR count). The SMILES string of the molecule is CCc1ccccc1NC(=O)CCN1C(=S)N[C@H](c2ccccn2)[C@H]1c1ccn(-c2ccccc2)c1. The fourth-order valence-corrected chi connectivity index (χ4v) is 5.08. The number of aryl methyl sites for hydroxylation is 1. The quantitative estimate of drug-likeness (QED) is 0.319. The van der Waals surface area contributed by atoms with Gasteiger partial charge in [-0.05, 0) is 66.2 Å². The number of carbonyl (C=O) groups is 1. The lowest BCUT2D eigenvalue weighted by molar-refractivity contribution is -0.116. The van der Waals surface area contributed by atoms with Gasteiger partial charge in [-0.1, -0.05) is 49.4 Å². The van der Waals surface area contributed by atoms with Gasteiger partial charge in [0.1, 0.15) is 0 Å². The Balaban J connectivity index is 1.39. The first-order valence-electron chi connectivity index (χ1n) is 12.2. The number of benzene rings is 2. The number of carbonyl (C=O) groups excluding carboxylic acids is 1. The molecule has 0 bridgehead atoms. The zero-order chi connectivity index (χ0) is 24.9. The van der Waals surface area contributed by atoms with Crippen LogP contribution in [-0.2, 0) is 11.2 Å². The molecule has 1 aliphatic heterocycles. The van der Waals surface area contributed by atoms with Crippen LogP contribution in [0.25, 0.3) is 5.69 Å². The Morgan fingerprint density at radius 3 is 2.58 bits per heavy atom. The molecule has 3 heterocycles. The standard InChI is InChI=1S/C29H29N5OS/c1-2-21-10-6-7-13-24(21)31-26(35)16-19-34-28(27(32-29(34)36)25-14-8-9-17-30-25)22-15-18-33(20-22)23-11-4-3-5-12-23/h3-15,17-18,20,27-28H,2,16,19H2,1H3,(H,31,35)(H,32,36)/t27-,28-/m1/s1. The number of rotatable bonds is 8. The Kier molecular flexibility index (Phi) is 7.09. The van der Waals surface area contributed by atoms with Crippen LogP contribution in [0.5, 0.6) is 0 Å². The molecule has 1 amide bonds. The molecule has 0 spiro atoms. The van der Waals surface area contributed by atoms with Gasteiger partial charge in [0.15, 0.2) is 5.11 Å². The van der Waals surface area contributed by atoms with Crippen LogP contribution in [-0.4, -0.2) is 32.0 Å². The molecule has 0 radical (unpaired) electrons. The fraction of sp³-hybridized carbons (Fsp3) is 0.207. The highest BCUT2D eigenvalue weighted by atomic mass is 32.1. The summed E-state index contributed by atoms with van der Waals surface area (Å²) >= 11 is 5.76. The van der Waals surface area contributed by atoms with Gasteiger partial charge >= 0.3 is 0 Å². The van der Waals surface area contributed by atoms with E-state index in [2.05, 4.69) is 62.6 Å². The van der Waals surface area contributed by atoms with Crippen LogP contribution in [0.15, 0.2) is 97.5 Å². The molecule has 1 aliphatic rings. The normalized spacial score (nSPS) is 17.1. The summed E-state index contributed by atoms with van der Waals surface area (Å²) in [6.45, 7) is 2.58. The van der Waals surface area contributed by atoms with Gasteiger partial charge in [-0.25, -0.2) is 0 Å². The van der Waals surface area contributed by atoms with Crippen molar-refractivity contribution < 1.29 is 4.79 Å². The number of hydrogen-bond donors (Lipinski definition) is 2. The van der Waals surface area contributed by atoms with Crippen LogP contribution >= 0.6 is 12.2 Å². The molecule has 7 heteroatoms. The zero-order valence-electron chi connectivity index (χ0n) is 20.2. The van der Waals surface area contributed by atoms with E-state index in [1.807, 2.05) is 60.7 Å². The molecule has 6 nitrogen and oxygen atoms in total. The highest BCUT2D eigenvalue weighted by Gasteiger charge is 2.40. The van der Waals surface area contributed by atoms with E-state index in [0.717, 1.165) is 34.6 Å². The van der Waals surface area contributed by atoms with Crippen LogP contribution in [0, 0.1) is 0 Å². The average molecular weight is 496 g/mol. The molecular weight excluding hydrogens is 466 g/mol. The summed E-state index contributed by atoms with van der Waals surface area (Å²) in [5.74, 6) is -0.0272. The summed E-state index contributed by atoms with van der Waals surface area (Å²) in [7, 11) is 0. The van der Waals surface area contributed by atoms with Gasteiger partial charge in [0.05, 0.1) is 17.8 Å². The first-order chi connectivity index (χ1) is 17.6. The number of para-hydroxylation sites is 2. The first-order valence-corrected chi connectivity index (χ1v) is 12.6. The fourth-order valence-electron chi connectivity index (χ4n) is 4.74. The first kappa shape index (κ1) is 23.8. The average Bonchev–Trinajstić information content (AvgIpc) is 3.53. The number of amides is 1. The van der Waals surface area contributed by atoms with Crippen molar-refractivity contribution in [1.29, 1.82) is 0 Å². The molecule has 2 N–H and O–H groups in total. The van der Waals surface area contributed by atoms with Crippen LogP contribution in [0.4, 0.5) is 5.69 Å². The van der Waals surface area contributed by atoms with Crippen molar-refractivity contribution in [2.24, 2.45) is 0 Å². The largest absolute Gasteiger partial charge is 0.352 e. The van der Waals surface area contributed by atoms with Crippen molar-refractivity contribution in [3.8, 4) is 5.69 Å². The summed E-state index contributed by atoms with van der Waals surface area (Å²) < 4.78 is 2.11. The van der Waals surface area contributed by atoms with Crippen LogP contribution in [0.3, 0.4) is 0 Å². The maximum absolute atomic E-state index is 12.9. The minimum atomic E-state index is -0.116. The van der Waals surface area contributed by atoms with Gasteiger partial charge < -0.3 is 20.1 Å². The maximum Gasteiger partial charge on any atom is 0.226 e. The van der Waals surface area contributed by atoms with Crippen LogP contribution in [0.2, 0.25) is 0 Å². The van der Waals surface area contributed by atoms with Crippen molar-refractivity contribution in [1.82, 2.24) is 19.8 Å². The second kappa shape index (κ2) is 10.7. The number of hydrogen-bond acceptors (Lipinski definition) is 3. The van der Waals surface area contributed by atoms with Crippen molar-refractivity contribution in [2.45, 2.75) is 31.8 Å². The summed E-state index contributed by atoms with van der Waals surface area (Å²) in [6, 6.07) is 26.0. The highest BCUT2D eigenvalue weighted by molar-refractivity contribution is 7.80. The monoisotopic (exact) mass is 495 g/mol. The Morgan fingerprint density at radius 2 is 1.81 bits per heavy atom. The van der Waals surface area contributed by atoms with Crippen LogP contribution < -0.4 is 10.6 Å². The number of pyridine rings is 1. The summed E-state index contributed by atoms with van der Waals surface area (Å²) in [6.07, 6.45) is 7.19. The van der Waals surface area contributed by atoms with E-state index >= 15 is 0 Å². The lowest BCUT2D eigenvalue weighted by Crippen LogP contribution is -2.32. The van der Waals surface area contributed by atoms with Gasteiger partial charge in [-0.15, -0.1) is 0 Å². The Morgan fingerprint density at radius 1 is 1.03 bits per heavy atom. The molecule has 1 fully saturated rings. The van der Waals surface area contributed by atoms with E-state index in [0.29, 0.717) is 18.1 Å². The second-order valence-corrected chi connectivity index (χ2v) is 9.20. The molecule has 2 aromatic carbocycles. The van der Waals surface area contributed by atoms with E-state index in [4.69, 9.17) is 12.2 Å². The smallest absolute Gasteiger partial charge is 0.226 e. The Labute approximate surface area is 217 Å². The topological polar surface area (TPSA) is 62.2 Å². The maximum atomic E-state index is 12.9. The molecule has 0 aliphatic carbocycles. The number of nitrogens with one attached hydrogen (secondary N) is 2. The molecule has 0 saturated carbocycles. The molecule has 2 aromatic heterocycles. The van der Waals surface area contributed by atoms with E-state index in [1.165, 1.54) is 0 Å². The molecule has 36 heavy (non-hydrogen) atoms. The van der Waals surface area contributed by atoms with Crippen molar-refractivity contribution >= 4 is 28.9 Å². The number of thiocarbonyl (C=S) groups is 1. The summed E-state index contributed by atoms with van der Waals surface area (Å²) in [5.41, 5.74) is 5.11. The number of nitrogens with zero attached hydrogens (tertiary/aromatic N) is 3. The van der Waals surface area contributed by atoms with Gasteiger partial charge in [0.2, 0.25) is 5.91 Å². The molecule has 4 aromatic rings. The van der Waals surface area contributed by atoms with E-state index < -0.39 is 0 Å². The lowest BCUT2D eigenvalue weighted by Gasteiger charge is -2.27. The highest BCUT2D eigenvalue weighted by Crippen LogP contribution is 2.39. The molecular formula is C29H29N5OS. The predicted octanol–water partition coefficient (Wildman–Crippen LogP) is 5.44. The molecule has 2 atom stereocenters. The Bertz CT molecular complexity index is 1340. The van der Waals surface area contributed by atoms with Gasteiger partial charge in [-0.3, -0.25) is 9.78 Å². The lowest BCUT2D eigenvalue weighted by atomic mass is 9.99. The van der Waals surface area contributed by atoms with Gasteiger partial charge in [0, 0.05) is 42.9 Å². The van der Waals surface area contributed by atoms with Gasteiger partial charge in [-0.2, -0.15) is 0 Å². The summed E-state index contributed by atoms with van der Waals surface area (Å²) in [5, 5.41) is 7.17. The molecule has 1 saturated heterocycles. The van der Waals surface area contributed by atoms with E-state index in [1.54, 1.807) is 6.20 Å². The third kappa shape index (κ3) is 5.02. The Hall–Kier alpha value is -3.97.